The van der Waals surface area contributed by atoms with Gasteiger partial charge in [-0.15, -0.1) is 0 Å². The molecule has 0 saturated heterocycles. The summed E-state index contributed by atoms with van der Waals surface area (Å²) in [4.78, 5) is 2.36. The Hall–Kier alpha value is -6.99. The van der Waals surface area contributed by atoms with E-state index in [1.54, 1.807) is 0 Å². The van der Waals surface area contributed by atoms with Crippen LogP contribution in [-0.2, 0) is 16.4 Å². The van der Waals surface area contributed by atoms with E-state index in [9.17, 15) is 0 Å². The lowest BCUT2D eigenvalue weighted by atomic mass is 9.67. The van der Waals surface area contributed by atoms with Gasteiger partial charge in [0.05, 0.1) is 5.41 Å². The molecule has 0 amide bonds. The molecule has 9 aromatic rings. The second kappa shape index (κ2) is 14.1. The smallest absolute Gasteiger partial charge is 0.171 e. The maximum Gasteiger partial charge on any atom is 0.171 e. The van der Waals surface area contributed by atoms with Gasteiger partial charge in [0.15, 0.2) is 7.14 Å². The van der Waals surface area contributed by atoms with Crippen LogP contribution < -0.4 is 20.8 Å². The molecule has 0 heterocycles. The Morgan fingerprint density at radius 3 is 1.37 bits per heavy atom. The van der Waals surface area contributed by atoms with Crippen molar-refractivity contribution in [1.29, 1.82) is 0 Å². The van der Waals surface area contributed by atoms with E-state index in [1.165, 1.54) is 55.6 Å². The number of anilines is 3. The third-order valence-electron chi connectivity index (χ3n) is 12.4. The van der Waals surface area contributed by atoms with E-state index in [4.69, 9.17) is 0 Å². The van der Waals surface area contributed by atoms with Crippen LogP contribution in [0.4, 0.5) is 17.1 Å². The Morgan fingerprint density at radius 2 is 0.831 bits per heavy atom. The van der Waals surface area contributed by atoms with Crippen molar-refractivity contribution in [3.05, 3.63) is 264 Å². The second-order valence-electron chi connectivity index (χ2n) is 15.6. The quantitative estimate of drug-likeness (QED) is 0.143. The molecule has 0 spiro atoms. The van der Waals surface area contributed by atoms with Gasteiger partial charge in [-0.3, -0.25) is 0 Å². The molecule has 2 nitrogen and oxygen atoms in total. The van der Waals surface area contributed by atoms with Crippen LogP contribution in [0.25, 0.3) is 22.3 Å². The molecule has 2 aliphatic rings. The Balaban J connectivity index is 1.16. The first-order valence-electron chi connectivity index (χ1n) is 20.3. The molecule has 0 saturated carbocycles. The lowest BCUT2D eigenvalue weighted by molar-refractivity contribution is 0.592. The van der Waals surface area contributed by atoms with Gasteiger partial charge < -0.3 is 9.46 Å². The summed E-state index contributed by atoms with van der Waals surface area (Å²) in [5.74, 6) is 0. The first kappa shape index (κ1) is 35.2. The number of hydrogen-bond acceptors (Lipinski definition) is 2. The molecule has 0 aromatic heterocycles. The van der Waals surface area contributed by atoms with Crippen molar-refractivity contribution >= 4 is 40.1 Å². The molecule has 9 aromatic carbocycles. The maximum absolute atomic E-state index is 15.6. The largest absolute Gasteiger partial charge is 0.310 e. The zero-order chi connectivity index (χ0) is 39.4. The second-order valence-corrected chi connectivity index (χ2v) is 18.3. The van der Waals surface area contributed by atoms with E-state index in [-0.39, 0.29) is 0 Å². The third kappa shape index (κ3) is 5.52. The van der Waals surface area contributed by atoms with E-state index >= 15 is 4.57 Å². The number of benzene rings is 9. The highest BCUT2D eigenvalue weighted by Crippen LogP contribution is 2.59. The topological polar surface area (TPSA) is 20.3 Å². The minimum absolute atomic E-state index is 0.610. The summed E-state index contributed by atoms with van der Waals surface area (Å²) in [7, 11) is -3.18. The average Bonchev–Trinajstić information content (AvgIpc) is 3.82. The Bertz CT molecular complexity index is 2900. The van der Waals surface area contributed by atoms with E-state index in [0.717, 1.165) is 39.4 Å². The number of rotatable bonds is 8. The van der Waals surface area contributed by atoms with Crippen molar-refractivity contribution < 1.29 is 4.57 Å². The molecule has 3 heteroatoms. The highest BCUT2D eigenvalue weighted by Gasteiger charge is 2.47. The summed E-state index contributed by atoms with van der Waals surface area (Å²) >= 11 is 0. The number of para-hydroxylation sites is 2. The van der Waals surface area contributed by atoms with Crippen LogP contribution in [-0.4, -0.2) is 0 Å². The Kier molecular flexibility index (Phi) is 8.43. The minimum atomic E-state index is -3.18. The molecule has 280 valence electrons. The summed E-state index contributed by atoms with van der Waals surface area (Å²) in [5.41, 5.74) is 15.1. The third-order valence-corrected chi connectivity index (χ3v) is 15.5. The molecular formula is C56H40NOP. The standard InChI is InChI=1S/C56H40NOP/c58-59(47-27-15-5-16-28-47,48-29-17-6-18-30-48)49-33-31-40-35-41-36-53-50-34-32-46(57(44-23-11-3-12-24-44)45-25-13-4-14-26-45)37-54(50)56(42-19-7-1-8-20-42,43-21-9-2-10-22-43)55(53)39-52(41)51(40)38-49/h1-34,36-39H,35H2. The molecule has 0 atom stereocenters. The normalized spacial score (nSPS) is 13.2. The molecule has 0 unspecified atom stereocenters. The summed E-state index contributed by atoms with van der Waals surface area (Å²) in [6, 6.07) is 81.9. The molecule has 0 aliphatic heterocycles. The molecule has 2 aliphatic carbocycles. The van der Waals surface area contributed by atoms with Gasteiger partial charge in [0.25, 0.3) is 0 Å². The Morgan fingerprint density at radius 1 is 0.356 bits per heavy atom. The van der Waals surface area contributed by atoms with Crippen LogP contribution in [0.1, 0.15) is 33.4 Å². The van der Waals surface area contributed by atoms with Crippen LogP contribution in [0.2, 0.25) is 0 Å². The van der Waals surface area contributed by atoms with Gasteiger partial charge in [-0.25, -0.2) is 0 Å². The van der Waals surface area contributed by atoms with Crippen molar-refractivity contribution in [3.8, 4) is 22.3 Å². The number of hydrogen-bond donors (Lipinski definition) is 0. The van der Waals surface area contributed by atoms with Crippen LogP contribution in [0.15, 0.2) is 231 Å². The van der Waals surface area contributed by atoms with Crippen LogP contribution in [0.5, 0.6) is 0 Å². The highest BCUT2D eigenvalue weighted by atomic mass is 31.2. The zero-order valence-corrected chi connectivity index (χ0v) is 33.3. The van der Waals surface area contributed by atoms with Gasteiger partial charge in [0, 0.05) is 33.0 Å². The van der Waals surface area contributed by atoms with Crippen LogP contribution in [0.3, 0.4) is 0 Å². The zero-order valence-electron chi connectivity index (χ0n) is 32.4. The average molecular weight is 774 g/mol. The van der Waals surface area contributed by atoms with E-state index in [1.807, 2.05) is 60.7 Å². The van der Waals surface area contributed by atoms with Crippen molar-refractivity contribution in [2.24, 2.45) is 0 Å². The fourth-order valence-corrected chi connectivity index (χ4v) is 12.5. The van der Waals surface area contributed by atoms with E-state index < -0.39 is 12.6 Å². The lowest BCUT2D eigenvalue weighted by Crippen LogP contribution is -2.29. The van der Waals surface area contributed by atoms with Gasteiger partial charge in [0.1, 0.15) is 0 Å². The van der Waals surface area contributed by atoms with Crippen LogP contribution >= 0.6 is 7.14 Å². The predicted octanol–water partition coefficient (Wildman–Crippen LogP) is 12.7. The van der Waals surface area contributed by atoms with Gasteiger partial charge in [-0.2, -0.15) is 0 Å². The molecule has 0 bridgehead atoms. The molecule has 0 radical (unpaired) electrons. The fraction of sp³-hybridized carbons (Fsp3) is 0.0357. The number of fused-ring (bicyclic) bond motifs is 6. The molecule has 59 heavy (non-hydrogen) atoms. The molecular weight excluding hydrogens is 734 g/mol. The first-order chi connectivity index (χ1) is 29.1. The molecule has 0 fully saturated rings. The molecule has 0 N–H and O–H groups in total. The minimum Gasteiger partial charge on any atom is -0.310 e. The van der Waals surface area contributed by atoms with E-state index in [2.05, 4.69) is 175 Å². The Labute approximate surface area is 346 Å². The molecule has 11 rings (SSSR count). The van der Waals surface area contributed by atoms with Gasteiger partial charge >= 0.3 is 0 Å². The predicted molar refractivity (Wildman–Crippen MR) is 246 cm³/mol. The highest BCUT2D eigenvalue weighted by molar-refractivity contribution is 7.85. The summed E-state index contributed by atoms with van der Waals surface area (Å²) in [6.07, 6.45) is 0.825. The van der Waals surface area contributed by atoms with Gasteiger partial charge in [-0.05, 0) is 117 Å². The van der Waals surface area contributed by atoms with E-state index in [0.29, 0.717) is 0 Å². The SMILES string of the molecule is O=P(c1ccccc1)(c1ccccc1)c1ccc2c(c1)-c1cc3c(cc1C2)-c1ccc(N(c2ccccc2)c2ccccc2)cc1C3(c1ccccc1)c1ccccc1. The van der Waals surface area contributed by atoms with Gasteiger partial charge in [-0.1, -0.05) is 176 Å². The van der Waals surface area contributed by atoms with Crippen molar-refractivity contribution in [2.75, 3.05) is 4.90 Å². The fourth-order valence-electron chi connectivity index (χ4n) is 9.80. The summed E-state index contributed by atoms with van der Waals surface area (Å²) in [5, 5.41) is 2.54. The van der Waals surface area contributed by atoms with Crippen molar-refractivity contribution in [2.45, 2.75) is 11.8 Å². The number of nitrogens with zero attached hydrogens (tertiary/aromatic N) is 1. The van der Waals surface area contributed by atoms with Crippen molar-refractivity contribution in [1.82, 2.24) is 0 Å². The monoisotopic (exact) mass is 773 g/mol. The van der Waals surface area contributed by atoms with Gasteiger partial charge in [0.2, 0.25) is 0 Å². The summed E-state index contributed by atoms with van der Waals surface area (Å²) in [6.45, 7) is 0. The maximum atomic E-state index is 15.6. The first-order valence-corrected chi connectivity index (χ1v) is 22.0. The van der Waals surface area contributed by atoms with Crippen LogP contribution in [0, 0.1) is 0 Å². The lowest BCUT2D eigenvalue weighted by Gasteiger charge is -2.35. The summed E-state index contributed by atoms with van der Waals surface area (Å²) < 4.78 is 15.6. The van der Waals surface area contributed by atoms with Crippen molar-refractivity contribution in [3.63, 3.8) is 0 Å².